The Morgan fingerprint density at radius 1 is 1.43 bits per heavy atom. The van der Waals surface area contributed by atoms with Gasteiger partial charge in [-0.15, -0.1) is 10.2 Å². The number of hydrogen-bond donors (Lipinski definition) is 1. The van der Waals surface area contributed by atoms with Crippen LogP contribution < -0.4 is 5.84 Å². The normalized spacial score (nSPS) is 19.8. The van der Waals surface area contributed by atoms with E-state index in [2.05, 4.69) is 10.2 Å². The molecule has 1 saturated heterocycles. The molecule has 2 heterocycles. The molecule has 1 aromatic rings. The van der Waals surface area contributed by atoms with Crippen molar-refractivity contribution in [2.24, 2.45) is 0 Å². The number of carbonyl (C=O) groups excluding carboxylic acids is 1. The number of nitrogens with zero attached hydrogens (tertiary/aromatic N) is 4. The van der Waals surface area contributed by atoms with Crippen LogP contribution >= 0.6 is 11.8 Å². The van der Waals surface area contributed by atoms with Crippen LogP contribution in [0.5, 0.6) is 0 Å². The van der Waals surface area contributed by atoms with Crippen LogP contribution in [0.3, 0.4) is 0 Å². The molecule has 1 fully saturated rings. The third-order valence-electron chi connectivity index (χ3n) is 3.37. The van der Waals surface area contributed by atoms with E-state index >= 15 is 0 Å². The quantitative estimate of drug-likeness (QED) is 0.674. The molecule has 0 radical (unpaired) electrons. The number of aromatic nitrogens is 3. The van der Waals surface area contributed by atoms with Crippen molar-refractivity contribution in [1.29, 1.82) is 0 Å². The molecule has 1 aromatic heterocycles. The Morgan fingerprint density at radius 2 is 2.14 bits per heavy atom. The highest BCUT2D eigenvalue weighted by atomic mass is 32.2. The van der Waals surface area contributed by atoms with E-state index in [0.717, 1.165) is 31.0 Å². The Morgan fingerprint density at radius 3 is 2.71 bits per heavy atom. The van der Waals surface area contributed by atoms with Gasteiger partial charge in [0.15, 0.2) is 0 Å². The topological polar surface area (TPSA) is 77.0 Å². The van der Waals surface area contributed by atoms with Crippen molar-refractivity contribution in [3.63, 3.8) is 0 Å². The lowest BCUT2D eigenvalue weighted by Gasteiger charge is -2.33. The molecule has 0 unspecified atom stereocenters. The zero-order valence-electron chi connectivity index (χ0n) is 11.4. The number of carbonyl (C=O) groups is 1. The van der Waals surface area contributed by atoms with Crippen LogP contribution in [0.15, 0.2) is 5.16 Å². The number of piperidine rings is 1. The number of halogens is 3. The van der Waals surface area contributed by atoms with Gasteiger partial charge in [-0.25, -0.2) is 4.68 Å². The number of alkyl halides is 3. The van der Waals surface area contributed by atoms with Crippen molar-refractivity contribution in [1.82, 2.24) is 19.8 Å². The van der Waals surface area contributed by atoms with Crippen LogP contribution in [-0.4, -0.2) is 44.0 Å². The second kappa shape index (κ2) is 6.12. The molecule has 0 saturated carbocycles. The second-order valence-electron chi connectivity index (χ2n) is 4.89. The highest BCUT2D eigenvalue weighted by Gasteiger charge is 2.38. The highest BCUT2D eigenvalue weighted by molar-refractivity contribution is 7.99. The average Bonchev–Trinajstić information content (AvgIpc) is 2.77. The summed E-state index contributed by atoms with van der Waals surface area (Å²) >= 11 is 0.861. The minimum absolute atomic E-state index is 0.00245. The van der Waals surface area contributed by atoms with Crippen molar-refractivity contribution >= 4 is 17.7 Å². The van der Waals surface area contributed by atoms with Crippen LogP contribution in [-0.2, 0) is 11.0 Å². The van der Waals surface area contributed by atoms with Gasteiger partial charge in [-0.3, -0.25) is 4.79 Å². The number of nitrogens with two attached hydrogens (primary N) is 1. The largest absolute Gasteiger partial charge is 0.453 e. The molecule has 0 spiro atoms. The molecule has 0 bridgehead atoms. The third kappa shape index (κ3) is 3.60. The summed E-state index contributed by atoms with van der Waals surface area (Å²) < 4.78 is 37.9. The van der Waals surface area contributed by atoms with Crippen LogP contribution in [0.25, 0.3) is 0 Å². The highest BCUT2D eigenvalue weighted by Crippen LogP contribution is 2.29. The van der Waals surface area contributed by atoms with E-state index in [4.69, 9.17) is 5.84 Å². The molecular formula is C11H16F3N5OS. The molecule has 118 valence electrons. The first-order valence-electron chi connectivity index (χ1n) is 6.50. The lowest BCUT2D eigenvalue weighted by Crippen LogP contribution is -2.43. The summed E-state index contributed by atoms with van der Waals surface area (Å²) in [5.41, 5.74) is 0. The number of likely N-dealkylation sites (tertiary alicyclic amines) is 1. The summed E-state index contributed by atoms with van der Waals surface area (Å²) in [7, 11) is 0. The first-order valence-corrected chi connectivity index (χ1v) is 7.49. The van der Waals surface area contributed by atoms with Crippen molar-refractivity contribution in [3.8, 4) is 0 Å². The molecule has 1 atom stereocenters. The van der Waals surface area contributed by atoms with E-state index in [1.807, 2.05) is 6.92 Å². The third-order valence-corrected chi connectivity index (χ3v) is 4.29. The molecule has 10 heteroatoms. The van der Waals surface area contributed by atoms with Gasteiger partial charge in [0.2, 0.25) is 11.1 Å². The van der Waals surface area contributed by atoms with E-state index in [0.29, 0.717) is 11.2 Å². The van der Waals surface area contributed by atoms with Crippen molar-refractivity contribution in [3.05, 3.63) is 5.82 Å². The number of amides is 1. The van der Waals surface area contributed by atoms with Crippen molar-refractivity contribution in [2.75, 3.05) is 18.1 Å². The molecular weight excluding hydrogens is 307 g/mol. The van der Waals surface area contributed by atoms with Crippen LogP contribution in [0.1, 0.15) is 32.0 Å². The minimum Gasteiger partial charge on any atom is -0.339 e. The Balaban J connectivity index is 1.97. The molecule has 2 N–H and O–H groups in total. The van der Waals surface area contributed by atoms with E-state index in [1.54, 1.807) is 4.90 Å². The molecule has 1 aliphatic rings. The first kappa shape index (κ1) is 15.9. The van der Waals surface area contributed by atoms with Gasteiger partial charge in [0, 0.05) is 12.6 Å². The zero-order valence-corrected chi connectivity index (χ0v) is 12.2. The molecule has 1 aliphatic heterocycles. The summed E-state index contributed by atoms with van der Waals surface area (Å²) in [5.74, 6) is 3.91. The molecule has 0 aromatic carbocycles. The van der Waals surface area contributed by atoms with Crippen molar-refractivity contribution in [2.45, 2.75) is 43.6 Å². The molecule has 0 aliphatic carbocycles. The molecule has 1 amide bonds. The van der Waals surface area contributed by atoms with Gasteiger partial charge in [-0.1, -0.05) is 11.8 Å². The maximum atomic E-state index is 12.5. The fourth-order valence-corrected chi connectivity index (χ4v) is 2.99. The van der Waals surface area contributed by atoms with E-state index in [-0.39, 0.29) is 22.9 Å². The van der Waals surface area contributed by atoms with Gasteiger partial charge in [0.25, 0.3) is 5.82 Å². The van der Waals surface area contributed by atoms with Gasteiger partial charge in [-0.2, -0.15) is 13.2 Å². The number of nitrogen functional groups attached to an aromatic ring is 1. The fraction of sp³-hybridized carbons (Fsp3) is 0.727. The number of hydrogen-bond acceptors (Lipinski definition) is 5. The summed E-state index contributed by atoms with van der Waals surface area (Å²) in [5, 5.41) is 6.26. The Labute approximate surface area is 123 Å². The first-order chi connectivity index (χ1) is 9.80. The zero-order chi connectivity index (χ0) is 15.6. The lowest BCUT2D eigenvalue weighted by molar-refractivity contribution is -0.146. The maximum Gasteiger partial charge on any atom is 0.453 e. The van der Waals surface area contributed by atoms with E-state index in [9.17, 15) is 18.0 Å². The summed E-state index contributed by atoms with van der Waals surface area (Å²) in [4.78, 5) is 13.8. The molecule has 21 heavy (non-hydrogen) atoms. The summed E-state index contributed by atoms with van der Waals surface area (Å²) in [6.07, 6.45) is -1.68. The smallest absolute Gasteiger partial charge is 0.339 e. The summed E-state index contributed by atoms with van der Waals surface area (Å²) in [6.45, 7) is 2.65. The van der Waals surface area contributed by atoms with Gasteiger partial charge in [0.1, 0.15) is 0 Å². The predicted octanol–water partition coefficient (Wildman–Crippen LogP) is 1.50. The Hall–Kier alpha value is -1.45. The number of thioether (sulfide) groups is 1. The maximum absolute atomic E-state index is 12.5. The average molecular weight is 323 g/mol. The standard InChI is InChI=1S/C11H16F3N5OS/c1-7-4-2-3-5-18(7)8(20)6-21-10-17-16-9(19(10)15)11(12,13)14/h7H,2-6,15H2,1H3/t7-/m0/s1. The monoisotopic (exact) mass is 323 g/mol. The van der Waals surface area contributed by atoms with Crippen LogP contribution in [0.2, 0.25) is 0 Å². The van der Waals surface area contributed by atoms with E-state index in [1.165, 1.54) is 0 Å². The minimum atomic E-state index is -4.66. The fourth-order valence-electron chi connectivity index (χ4n) is 2.25. The lowest BCUT2D eigenvalue weighted by atomic mass is 10.0. The summed E-state index contributed by atoms with van der Waals surface area (Å²) in [6, 6.07) is 0.160. The Kier molecular flexibility index (Phi) is 4.64. The predicted molar refractivity (Wildman–Crippen MR) is 70.9 cm³/mol. The number of rotatable bonds is 3. The van der Waals surface area contributed by atoms with Gasteiger partial charge in [-0.05, 0) is 26.2 Å². The molecule has 2 rings (SSSR count). The van der Waals surface area contributed by atoms with Crippen LogP contribution in [0.4, 0.5) is 13.2 Å². The van der Waals surface area contributed by atoms with E-state index < -0.39 is 12.0 Å². The molecule has 6 nitrogen and oxygen atoms in total. The van der Waals surface area contributed by atoms with Crippen molar-refractivity contribution < 1.29 is 18.0 Å². The SMILES string of the molecule is C[C@H]1CCCCN1C(=O)CSc1nnc(C(F)(F)F)n1N. The Bertz CT molecular complexity index is 518. The van der Waals surface area contributed by atoms with Gasteiger partial charge in [0.05, 0.1) is 5.75 Å². The van der Waals surface area contributed by atoms with Crippen LogP contribution in [0, 0.1) is 0 Å². The van der Waals surface area contributed by atoms with Gasteiger partial charge >= 0.3 is 6.18 Å². The second-order valence-corrected chi connectivity index (χ2v) is 5.84. The van der Waals surface area contributed by atoms with Gasteiger partial charge < -0.3 is 10.7 Å².